The van der Waals surface area contributed by atoms with Crippen LogP contribution in [0.4, 0.5) is 0 Å². The van der Waals surface area contributed by atoms with E-state index in [0.717, 1.165) is 6.42 Å². The molecule has 96 valence electrons. The number of hydrogen-bond donors (Lipinski definition) is 0. The van der Waals surface area contributed by atoms with Crippen LogP contribution in [0.15, 0.2) is 54.6 Å². The molecule has 0 aliphatic carbocycles. The van der Waals surface area contributed by atoms with Crippen molar-refractivity contribution >= 4 is 0 Å². The van der Waals surface area contributed by atoms with Crippen molar-refractivity contribution in [1.82, 2.24) is 0 Å². The average Bonchev–Trinajstić information content (AvgIpc) is 2.41. The van der Waals surface area contributed by atoms with E-state index in [1.165, 1.54) is 29.5 Å². The molecular formula is C18H24. The summed E-state index contributed by atoms with van der Waals surface area (Å²) in [4.78, 5) is 0. The molecule has 0 aromatic heterocycles. The lowest BCUT2D eigenvalue weighted by Gasteiger charge is -2.04. The molecule has 0 aliphatic heterocycles. The van der Waals surface area contributed by atoms with Gasteiger partial charge >= 0.3 is 0 Å². The van der Waals surface area contributed by atoms with E-state index in [2.05, 4.69) is 57.2 Å². The van der Waals surface area contributed by atoms with Crippen molar-refractivity contribution in [2.75, 3.05) is 0 Å². The van der Waals surface area contributed by atoms with Crippen LogP contribution in [0.1, 0.15) is 37.0 Å². The Kier molecular flexibility index (Phi) is 6.86. The van der Waals surface area contributed by atoms with Crippen LogP contribution < -0.4 is 0 Å². The first-order chi connectivity index (χ1) is 8.77. The molecule has 0 bridgehead atoms. The van der Waals surface area contributed by atoms with Gasteiger partial charge in [-0.3, -0.25) is 0 Å². The molecule has 2 aromatic rings. The summed E-state index contributed by atoms with van der Waals surface area (Å²) in [6.07, 6.45) is 3.64. The zero-order chi connectivity index (χ0) is 13.2. The van der Waals surface area contributed by atoms with Gasteiger partial charge in [0, 0.05) is 0 Å². The third-order valence-electron chi connectivity index (χ3n) is 2.96. The maximum Gasteiger partial charge on any atom is -0.0279 e. The number of benzene rings is 2. The van der Waals surface area contributed by atoms with Gasteiger partial charge in [-0.05, 0) is 30.9 Å². The molecule has 0 nitrogen and oxygen atoms in total. The van der Waals surface area contributed by atoms with Crippen LogP contribution in [0.25, 0.3) is 0 Å². The molecule has 0 amide bonds. The maximum absolute atomic E-state index is 2.24. The van der Waals surface area contributed by atoms with Gasteiger partial charge in [0.2, 0.25) is 0 Å². The zero-order valence-corrected chi connectivity index (χ0v) is 11.8. The largest absolute Gasteiger partial charge is 0.0651 e. The van der Waals surface area contributed by atoms with Gasteiger partial charge in [0.05, 0.1) is 0 Å². The quantitative estimate of drug-likeness (QED) is 0.692. The average molecular weight is 240 g/mol. The minimum Gasteiger partial charge on any atom is -0.0651 e. The highest BCUT2D eigenvalue weighted by atomic mass is 14.0. The number of rotatable bonds is 3. The van der Waals surface area contributed by atoms with Crippen LogP contribution in [0, 0.1) is 6.92 Å². The van der Waals surface area contributed by atoms with Crippen LogP contribution in [0.3, 0.4) is 0 Å². The first kappa shape index (κ1) is 14.5. The summed E-state index contributed by atoms with van der Waals surface area (Å²) in [5.74, 6) is 0. The topological polar surface area (TPSA) is 0 Å². The van der Waals surface area contributed by atoms with E-state index in [9.17, 15) is 0 Å². The van der Waals surface area contributed by atoms with Crippen molar-refractivity contribution < 1.29 is 0 Å². The molecule has 0 heteroatoms. The second-order valence-corrected chi connectivity index (χ2v) is 4.53. The Hall–Kier alpha value is -1.56. The van der Waals surface area contributed by atoms with E-state index in [1.54, 1.807) is 0 Å². The van der Waals surface area contributed by atoms with Gasteiger partial charge in [-0.25, -0.2) is 0 Å². The molecule has 2 rings (SSSR count). The molecule has 0 fully saturated rings. The standard InChI is InChI=1S/C11H16.C7H8/c1-3-7-11-9-6-5-8-10(11)4-2;1-7-5-3-2-4-6-7/h5-6,8-9H,3-4,7H2,1-2H3;2-6H,1H3. The van der Waals surface area contributed by atoms with Crippen LogP contribution in [-0.2, 0) is 12.8 Å². The van der Waals surface area contributed by atoms with E-state index in [-0.39, 0.29) is 0 Å². The van der Waals surface area contributed by atoms with Crippen molar-refractivity contribution in [2.45, 2.75) is 40.0 Å². The van der Waals surface area contributed by atoms with Gasteiger partial charge in [0.15, 0.2) is 0 Å². The summed E-state index contributed by atoms with van der Waals surface area (Å²) >= 11 is 0. The van der Waals surface area contributed by atoms with Gasteiger partial charge in [-0.15, -0.1) is 0 Å². The highest BCUT2D eigenvalue weighted by molar-refractivity contribution is 5.26. The summed E-state index contributed by atoms with van der Waals surface area (Å²) < 4.78 is 0. The number of hydrogen-bond acceptors (Lipinski definition) is 0. The van der Waals surface area contributed by atoms with Crippen molar-refractivity contribution in [3.05, 3.63) is 71.3 Å². The monoisotopic (exact) mass is 240 g/mol. The van der Waals surface area contributed by atoms with Crippen molar-refractivity contribution in [1.29, 1.82) is 0 Å². The zero-order valence-electron chi connectivity index (χ0n) is 11.8. The molecule has 0 aliphatic rings. The lowest BCUT2D eigenvalue weighted by Crippen LogP contribution is -1.90. The molecule has 0 heterocycles. The molecule has 0 unspecified atom stereocenters. The molecule has 0 atom stereocenters. The first-order valence-corrected chi connectivity index (χ1v) is 6.86. The highest BCUT2D eigenvalue weighted by Crippen LogP contribution is 2.10. The van der Waals surface area contributed by atoms with Crippen molar-refractivity contribution in [2.24, 2.45) is 0 Å². The summed E-state index contributed by atoms with van der Waals surface area (Å²) in [6, 6.07) is 19.0. The lowest BCUT2D eigenvalue weighted by atomic mass is 10.0. The molecule has 0 N–H and O–H groups in total. The minimum absolute atomic E-state index is 1.16. The highest BCUT2D eigenvalue weighted by Gasteiger charge is 1.96. The number of aryl methyl sites for hydroxylation is 3. The Morgan fingerprint density at radius 3 is 1.72 bits per heavy atom. The van der Waals surface area contributed by atoms with E-state index >= 15 is 0 Å². The Balaban J connectivity index is 0.000000199. The predicted octanol–water partition coefficient (Wildman–Crippen LogP) is 5.20. The molecular weight excluding hydrogens is 216 g/mol. The molecule has 18 heavy (non-hydrogen) atoms. The molecule has 0 spiro atoms. The fraction of sp³-hybridized carbons (Fsp3) is 0.333. The molecule has 0 radical (unpaired) electrons. The second kappa shape index (κ2) is 8.52. The fourth-order valence-electron chi connectivity index (χ4n) is 1.95. The van der Waals surface area contributed by atoms with Gasteiger partial charge in [0.25, 0.3) is 0 Å². The first-order valence-electron chi connectivity index (χ1n) is 6.86. The molecule has 0 saturated heterocycles. The minimum atomic E-state index is 1.16. The summed E-state index contributed by atoms with van der Waals surface area (Å²) in [5.41, 5.74) is 4.36. The maximum atomic E-state index is 2.24. The third kappa shape index (κ3) is 5.18. The summed E-state index contributed by atoms with van der Waals surface area (Å²) in [6.45, 7) is 6.53. The van der Waals surface area contributed by atoms with Crippen molar-refractivity contribution in [3.63, 3.8) is 0 Å². The van der Waals surface area contributed by atoms with Crippen LogP contribution in [0.5, 0.6) is 0 Å². The normalized spacial score (nSPS) is 9.50. The smallest absolute Gasteiger partial charge is 0.0279 e. The van der Waals surface area contributed by atoms with Gasteiger partial charge < -0.3 is 0 Å². The Morgan fingerprint density at radius 2 is 1.28 bits per heavy atom. The van der Waals surface area contributed by atoms with Crippen molar-refractivity contribution in [3.8, 4) is 0 Å². The van der Waals surface area contributed by atoms with E-state index in [4.69, 9.17) is 0 Å². The molecule has 2 aromatic carbocycles. The van der Waals surface area contributed by atoms with Gasteiger partial charge in [-0.2, -0.15) is 0 Å². The van der Waals surface area contributed by atoms with Gasteiger partial charge in [-0.1, -0.05) is 80.4 Å². The fourth-order valence-corrected chi connectivity index (χ4v) is 1.95. The third-order valence-corrected chi connectivity index (χ3v) is 2.96. The van der Waals surface area contributed by atoms with E-state index in [1.807, 2.05) is 18.2 Å². The summed E-state index contributed by atoms with van der Waals surface area (Å²) in [7, 11) is 0. The summed E-state index contributed by atoms with van der Waals surface area (Å²) in [5, 5.41) is 0. The van der Waals surface area contributed by atoms with E-state index in [0.29, 0.717) is 0 Å². The van der Waals surface area contributed by atoms with Crippen LogP contribution in [-0.4, -0.2) is 0 Å². The predicted molar refractivity (Wildman–Crippen MR) is 81.0 cm³/mol. The Morgan fingerprint density at radius 1 is 0.722 bits per heavy atom. The SMILES string of the molecule is CCCc1ccccc1CC.Cc1ccccc1. The molecule has 0 saturated carbocycles. The Bertz CT molecular complexity index is 429. The lowest BCUT2D eigenvalue weighted by molar-refractivity contribution is 0.899. The van der Waals surface area contributed by atoms with Crippen LogP contribution in [0.2, 0.25) is 0 Å². The van der Waals surface area contributed by atoms with E-state index < -0.39 is 0 Å². The van der Waals surface area contributed by atoms with Gasteiger partial charge in [0.1, 0.15) is 0 Å². The van der Waals surface area contributed by atoms with Crippen LogP contribution >= 0.6 is 0 Å². The Labute approximate surface area is 112 Å². The second-order valence-electron chi connectivity index (χ2n) is 4.53.